The van der Waals surface area contributed by atoms with Gasteiger partial charge in [0, 0.05) is 30.4 Å². The van der Waals surface area contributed by atoms with E-state index in [1.165, 1.54) is 0 Å². The lowest BCUT2D eigenvalue weighted by Crippen LogP contribution is -2.38. The summed E-state index contributed by atoms with van der Waals surface area (Å²) < 4.78 is 5.36. The van der Waals surface area contributed by atoms with Crippen LogP contribution in [-0.4, -0.2) is 34.6 Å². The Morgan fingerprint density at radius 3 is 2.74 bits per heavy atom. The fourth-order valence-electron chi connectivity index (χ4n) is 2.18. The fourth-order valence-corrected chi connectivity index (χ4v) is 2.18. The van der Waals surface area contributed by atoms with E-state index in [4.69, 9.17) is 4.52 Å². The Hall–Kier alpha value is -2.28. The number of amides is 1. The van der Waals surface area contributed by atoms with Gasteiger partial charge in [0.2, 0.25) is 17.6 Å². The van der Waals surface area contributed by atoms with E-state index in [0.717, 1.165) is 5.56 Å². The Kier molecular flexibility index (Phi) is 5.81. The smallest absolute Gasteiger partial charge is 0.249 e. The van der Waals surface area contributed by atoms with Crippen LogP contribution in [0.2, 0.25) is 0 Å². The summed E-state index contributed by atoms with van der Waals surface area (Å²) in [5.41, 5.74) is 0.778. The fraction of sp³-hybridized carbons (Fsp3) is 0.500. The summed E-state index contributed by atoms with van der Waals surface area (Å²) in [5, 5.41) is 9.98. The molecule has 2 atom stereocenters. The van der Waals surface area contributed by atoms with E-state index in [1.807, 2.05) is 40.0 Å². The maximum atomic E-state index is 12.2. The monoisotopic (exact) mass is 317 g/mol. The molecule has 7 nitrogen and oxygen atoms in total. The predicted molar refractivity (Wildman–Crippen MR) is 86.3 cm³/mol. The Bertz CT molecular complexity index is 626. The molecule has 0 aromatic carbocycles. The molecule has 2 rings (SSSR count). The summed E-state index contributed by atoms with van der Waals surface area (Å²) in [7, 11) is 1.82. The Morgan fingerprint density at radius 2 is 2.13 bits per heavy atom. The average molecular weight is 317 g/mol. The molecule has 0 aliphatic rings. The molecule has 1 amide bonds. The molecular formula is C16H23N5O2. The highest BCUT2D eigenvalue weighted by atomic mass is 16.5. The van der Waals surface area contributed by atoms with Crippen molar-refractivity contribution in [1.82, 2.24) is 25.8 Å². The molecule has 0 fully saturated rings. The number of carbonyl (C=O) groups excluding carboxylic acids is 1. The normalized spacial score (nSPS) is 13.8. The van der Waals surface area contributed by atoms with Crippen molar-refractivity contribution in [3.05, 3.63) is 30.4 Å². The van der Waals surface area contributed by atoms with E-state index >= 15 is 0 Å². The molecule has 0 bridgehead atoms. The van der Waals surface area contributed by atoms with Gasteiger partial charge in [-0.25, -0.2) is 0 Å². The summed E-state index contributed by atoms with van der Waals surface area (Å²) in [4.78, 5) is 20.7. The summed E-state index contributed by atoms with van der Waals surface area (Å²) in [6, 6.07) is 3.35. The Balaban J connectivity index is 2.16. The largest absolute Gasteiger partial charge is 0.344 e. The Morgan fingerprint density at radius 1 is 1.35 bits per heavy atom. The van der Waals surface area contributed by atoms with E-state index in [9.17, 15) is 4.79 Å². The van der Waals surface area contributed by atoms with Crippen LogP contribution < -0.4 is 10.6 Å². The van der Waals surface area contributed by atoms with Crippen LogP contribution in [0.3, 0.4) is 0 Å². The minimum Gasteiger partial charge on any atom is -0.344 e. The molecule has 2 aromatic heterocycles. The lowest BCUT2D eigenvalue weighted by Gasteiger charge is -2.20. The van der Waals surface area contributed by atoms with Gasteiger partial charge in [-0.15, -0.1) is 0 Å². The zero-order chi connectivity index (χ0) is 16.8. The number of aromatic nitrogens is 3. The zero-order valence-corrected chi connectivity index (χ0v) is 13.9. The highest BCUT2D eigenvalue weighted by Crippen LogP contribution is 2.23. The molecule has 124 valence electrons. The van der Waals surface area contributed by atoms with Crippen molar-refractivity contribution < 1.29 is 9.32 Å². The summed E-state index contributed by atoms with van der Waals surface area (Å²) in [6.45, 7) is 6.49. The molecular weight excluding hydrogens is 294 g/mol. The Labute approximate surface area is 135 Å². The van der Waals surface area contributed by atoms with Crippen LogP contribution >= 0.6 is 0 Å². The number of pyridine rings is 1. The van der Waals surface area contributed by atoms with Gasteiger partial charge in [0.05, 0.1) is 0 Å². The number of rotatable bonds is 7. The third kappa shape index (κ3) is 4.35. The van der Waals surface area contributed by atoms with E-state index in [1.54, 1.807) is 12.4 Å². The second-order valence-electron chi connectivity index (χ2n) is 5.89. The van der Waals surface area contributed by atoms with Gasteiger partial charge in [-0.05, 0) is 25.1 Å². The van der Waals surface area contributed by atoms with Crippen LogP contribution in [0.4, 0.5) is 0 Å². The number of carbonyl (C=O) groups is 1. The van der Waals surface area contributed by atoms with Gasteiger partial charge >= 0.3 is 0 Å². The highest BCUT2D eigenvalue weighted by Gasteiger charge is 2.26. The van der Waals surface area contributed by atoms with Crippen molar-refractivity contribution in [2.75, 3.05) is 13.6 Å². The van der Waals surface area contributed by atoms with E-state index in [-0.39, 0.29) is 23.8 Å². The number of hydrogen-bond donors (Lipinski definition) is 2. The van der Waals surface area contributed by atoms with Crippen molar-refractivity contribution in [3.8, 4) is 11.4 Å². The molecule has 2 N–H and O–H groups in total. The quantitative estimate of drug-likeness (QED) is 0.809. The number of nitrogens with one attached hydrogen (secondary N) is 2. The SMILES string of the molecule is CNCC(C)C(=O)NC(c1nc(-c2cccnc2)no1)C(C)C. The highest BCUT2D eigenvalue weighted by molar-refractivity contribution is 5.78. The van der Waals surface area contributed by atoms with Crippen molar-refractivity contribution in [3.63, 3.8) is 0 Å². The van der Waals surface area contributed by atoms with Crippen molar-refractivity contribution in [2.24, 2.45) is 11.8 Å². The molecule has 0 radical (unpaired) electrons. The first-order valence-electron chi connectivity index (χ1n) is 7.72. The number of hydrogen-bond acceptors (Lipinski definition) is 6. The van der Waals surface area contributed by atoms with E-state index < -0.39 is 0 Å². The summed E-state index contributed by atoms with van der Waals surface area (Å²) in [6.07, 6.45) is 3.36. The third-order valence-corrected chi connectivity index (χ3v) is 3.55. The van der Waals surface area contributed by atoms with Crippen LogP contribution in [-0.2, 0) is 4.79 Å². The molecule has 0 aliphatic carbocycles. The van der Waals surface area contributed by atoms with Crippen LogP contribution in [0.15, 0.2) is 29.0 Å². The van der Waals surface area contributed by atoms with Crippen molar-refractivity contribution in [2.45, 2.75) is 26.8 Å². The molecule has 7 heteroatoms. The van der Waals surface area contributed by atoms with Crippen LogP contribution in [0.5, 0.6) is 0 Å². The molecule has 23 heavy (non-hydrogen) atoms. The third-order valence-electron chi connectivity index (χ3n) is 3.55. The first kappa shape index (κ1) is 17.1. The molecule has 2 aromatic rings. The average Bonchev–Trinajstić information content (AvgIpc) is 3.02. The van der Waals surface area contributed by atoms with Gasteiger partial charge < -0.3 is 15.2 Å². The van der Waals surface area contributed by atoms with E-state index in [0.29, 0.717) is 18.3 Å². The van der Waals surface area contributed by atoms with Crippen LogP contribution in [0.1, 0.15) is 32.7 Å². The van der Waals surface area contributed by atoms with Crippen molar-refractivity contribution in [1.29, 1.82) is 0 Å². The second-order valence-corrected chi connectivity index (χ2v) is 5.89. The maximum Gasteiger partial charge on any atom is 0.249 e. The van der Waals surface area contributed by atoms with Gasteiger partial charge in [0.15, 0.2) is 0 Å². The molecule has 2 unspecified atom stereocenters. The first-order valence-corrected chi connectivity index (χ1v) is 7.72. The zero-order valence-electron chi connectivity index (χ0n) is 13.9. The lowest BCUT2D eigenvalue weighted by atomic mass is 10.0. The standard InChI is InChI=1S/C16H23N5O2/c1-10(2)13(19-15(22)11(3)8-17-4)16-20-14(21-23-16)12-6-5-7-18-9-12/h5-7,9-11,13,17H,8H2,1-4H3,(H,19,22). The van der Waals surface area contributed by atoms with E-state index in [2.05, 4.69) is 25.8 Å². The van der Waals surface area contributed by atoms with Crippen molar-refractivity contribution >= 4 is 5.91 Å². The minimum absolute atomic E-state index is 0.0424. The molecule has 0 saturated carbocycles. The van der Waals surface area contributed by atoms with Gasteiger partial charge in [-0.2, -0.15) is 4.98 Å². The predicted octanol–water partition coefficient (Wildman–Crippen LogP) is 1.80. The van der Waals surface area contributed by atoms with Gasteiger partial charge in [-0.1, -0.05) is 25.9 Å². The molecule has 0 spiro atoms. The van der Waals surface area contributed by atoms with Gasteiger partial charge in [-0.3, -0.25) is 9.78 Å². The van der Waals surface area contributed by atoms with Crippen LogP contribution in [0, 0.1) is 11.8 Å². The van der Waals surface area contributed by atoms with Crippen LogP contribution in [0.25, 0.3) is 11.4 Å². The second kappa shape index (κ2) is 7.82. The first-order chi connectivity index (χ1) is 11.0. The van der Waals surface area contributed by atoms with Gasteiger partial charge in [0.1, 0.15) is 6.04 Å². The lowest BCUT2D eigenvalue weighted by molar-refractivity contribution is -0.125. The minimum atomic E-state index is -0.320. The molecule has 0 saturated heterocycles. The molecule has 0 aliphatic heterocycles. The maximum absolute atomic E-state index is 12.2. The number of nitrogens with zero attached hydrogens (tertiary/aromatic N) is 3. The van der Waals surface area contributed by atoms with Gasteiger partial charge in [0.25, 0.3) is 0 Å². The molecule has 2 heterocycles. The topological polar surface area (TPSA) is 92.9 Å². The summed E-state index contributed by atoms with van der Waals surface area (Å²) in [5.74, 6) is 0.823. The summed E-state index contributed by atoms with van der Waals surface area (Å²) >= 11 is 0.